The molecular formula is C20H37N5O. The predicted molar refractivity (Wildman–Crippen MR) is 111 cm³/mol. The number of benzene rings is 1. The Hall–Kier alpha value is -1.63. The number of aliphatic imine (C=N–C) groups is 1. The zero-order valence-electron chi connectivity index (χ0n) is 17.2. The molecule has 0 bridgehead atoms. The van der Waals surface area contributed by atoms with Crippen LogP contribution < -0.4 is 10.6 Å². The van der Waals surface area contributed by atoms with Gasteiger partial charge in [0, 0.05) is 53.0 Å². The quantitative estimate of drug-likeness (QED) is 0.333. The van der Waals surface area contributed by atoms with Crippen LogP contribution in [0.2, 0.25) is 0 Å². The van der Waals surface area contributed by atoms with Gasteiger partial charge in [0.25, 0.3) is 0 Å². The van der Waals surface area contributed by atoms with E-state index in [2.05, 4.69) is 76.9 Å². The maximum Gasteiger partial charge on any atom is 0.191 e. The predicted octanol–water partition coefficient (Wildman–Crippen LogP) is 1.29. The molecule has 0 aromatic heterocycles. The first-order valence-corrected chi connectivity index (χ1v) is 9.39. The lowest BCUT2D eigenvalue weighted by Gasteiger charge is -2.26. The van der Waals surface area contributed by atoms with Crippen molar-refractivity contribution in [1.29, 1.82) is 0 Å². The smallest absolute Gasteiger partial charge is 0.191 e. The Bertz CT molecular complexity index is 492. The van der Waals surface area contributed by atoms with Crippen molar-refractivity contribution in [2.24, 2.45) is 4.99 Å². The summed E-state index contributed by atoms with van der Waals surface area (Å²) in [4.78, 5) is 8.90. The van der Waals surface area contributed by atoms with Crippen molar-refractivity contribution in [2.75, 3.05) is 68.1 Å². The topological polar surface area (TPSA) is 52.1 Å². The highest BCUT2D eigenvalue weighted by Gasteiger charge is 2.13. The van der Waals surface area contributed by atoms with E-state index in [1.165, 1.54) is 5.56 Å². The highest BCUT2D eigenvalue weighted by molar-refractivity contribution is 5.79. The van der Waals surface area contributed by atoms with Crippen LogP contribution in [-0.4, -0.2) is 89.9 Å². The van der Waals surface area contributed by atoms with Gasteiger partial charge in [0.05, 0.1) is 0 Å². The number of likely N-dealkylation sites (N-methyl/N-ethyl adjacent to an activating group) is 2. The van der Waals surface area contributed by atoms with Crippen LogP contribution >= 0.6 is 0 Å². The van der Waals surface area contributed by atoms with Crippen LogP contribution in [0.1, 0.15) is 12.0 Å². The second kappa shape index (κ2) is 13.6. The molecule has 0 fully saturated rings. The Morgan fingerprint density at radius 2 is 1.85 bits per heavy atom. The first-order valence-electron chi connectivity index (χ1n) is 9.39. The fraction of sp³-hybridized carbons (Fsp3) is 0.650. The van der Waals surface area contributed by atoms with Gasteiger partial charge in [-0.05, 0) is 39.5 Å². The number of nitrogens with one attached hydrogen (secondary N) is 2. The Morgan fingerprint density at radius 1 is 1.12 bits per heavy atom. The van der Waals surface area contributed by atoms with Gasteiger partial charge in [-0.1, -0.05) is 30.3 Å². The van der Waals surface area contributed by atoms with Crippen LogP contribution in [0.3, 0.4) is 0 Å². The SMILES string of the molecule is CN=C(NCCN(C)CCCOC)NCC(Cc1ccccc1)N(C)C. The van der Waals surface area contributed by atoms with Crippen LogP contribution in [0, 0.1) is 0 Å². The van der Waals surface area contributed by atoms with E-state index in [0.717, 1.165) is 51.6 Å². The average molecular weight is 364 g/mol. The van der Waals surface area contributed by atoms with Crippen LogP contribution in [0.4, 0.5) is 0 Å². The van der Waals surface area contributed by atoms with Crippen molar-refractivity contribution in [1.82, 2.24) is 20.4 Å². The van der Waals surface area contributed by atoms with E-state index in [0.29, 0.717) is 6.04 Å². The third-order valence-corrected chi connectivity index (χ3v) is 4.45. The standard InChI is InChI=1S/C20H37N5O/c1-21-20(22-12-14-25(4)13-9-15-26-5)23-17-19(24(2)3)16-18-10-7-6-8-11-18/h6-8,10-11,19H,9,12-17H2,1-5H3,(H2,21,22,23). The third kappa shape index (κ3) is 9.75. The Morgan fingerprint density at radius 3 is 2.46 bits per heavy atom. The summed E-state index contributed by atoms with van der Waals surface area (Å²) in [5, 5.41) is 6.85. The van der Waals surface area contributed by atoms with E-state index in [4.69, 9.17) is 4.74 Å². The van der Waals surface area contributed by atoms with E-state index in [1.807, 2.05) is 7.05 Å². The second-order valence-electron chi connectivity index (χ2n) is 6.84. The highest BCUT2D eigenvalue weighted by atomic mass is 16.5. The van der Waals surface area contributed by atoms with E-state index in [1.54, 1.807) is 7.11 Å². The maximum absolute atomic E-state index is 5.09. The molecule has 2 N–H and O–H groups in total. The number of hydrogen-bond acceptors (Lipinski definition) is 4. The molecule has 0 aliphatic carbocycles. The van der Waals surface area contributed by atoms with Crippen molar-refractivity contribution in [2.45, 2.75) is 18.9 Å². The Balaban J connectivity index is 2.34. The fourth-order valence-electron chi connectivity index (χ4n) is 2.71. The summed E-state index contributed by atoms with van der Waals surface area (Å²) >= 11 is 0. The van der Waals surface area contributed by atoms with E-state index >= 15 is 0 Å². The summed E-state index contributed by atoms with van der Waals surface area (Å²) in [5.41, 5.74) is 1.36. The zero-order chi connectivity index (χ0) is 19.2. The molecule has 1 atom stereocenters. The highest BCUT2D eigenvalue weighted by Crippen LogP contribution is 2.06. The van der Waals surface area contributed by atoms with Crippen LogP contribution in [0.25, 0.3) is 0 Å². The maximum atomic E-state index is 5.09. The van der Waals surface area contributed by atoms with Crippen molar-refractivity contribution >= 4 is 5.96 Å². The molecule has 0 saturated heterocycles. The Labute approximate surface area is 159 Å². The molecule has 1 unspecified atom stereocenters. The summed E-state index contributed by atoms with van der Waals surface area (Å²) < 4.78 is 5.09. The summed E-state index contributed by atoms with van der Waals surface area (Å²) in [6.07, 6.45) is 2.07. The first-order chi connectivity index (χ1) is 12.6. The molecule has 0 amide bonds. The molecule has 0 saturated carbocycles. The molecular weight excluding hydrogens is 326 g/mol. The number of ether oxygens (including phenoxy) is 1. The molecule has 1 aromatic carbocycles. The van der Waals surface area contributed by atoms with Gasteiger partial charge in [-0.15, -0.1) is 0 Å². The lowest BCUT2D eigenvalue weighted by molar-refractivity contribution is 0.180. The van der Waals surface area contributed by atoms with Gasteiger partial charge in [0.15, 0.2) is 5.96 Å². The summed E-state index contributed by atoms with van der Waals surface area (Å²) in [5.74, 6) is 0.857. The summed E-state index contributed by atoms with van der Waals surface area (Å²) in [6.45, 7) is 4.56. The van der Waals surface area contributed by atoms with Gasteiger partial charge in [-0.2, -0.15) is 0 Å². The largest absolute Gasteiger partial charge is 0.385 e. The Kier molecular flexibility index (Phi) is 11.7. The minimum atomic E-state index is 0.410. The number of methoxy groups -OCH3 is 1. The molecule has 6 nitrogen and oxygen atoms in total. The second-order valence-corrected chi connectivity index (χ2v) is 6.84. The van der Waals surface area contributed by atoms with E-state index in [-0.39, 0.29) is 0 Å². The van der Waals surface area contributed by atoms with Crippen LogP contribution in [-0.2, 0) is 11.2 Å². The molecule has 0 spiro atoms. The van der Waals surface area contributed by atoms with Gasteiger partial charge in [-0.25, -0.2) is 0 Å². The first kappa shape index (κ1) is 22.4. The molecule has 0 aliphatic heterocycles. The molecule has 1 rings (SSSR count). The zero-order valence-corrected chi connectivity index (χ0v) is 17.2. The number of nitrogens with zero attached hydrogens (tertiary/aromatic N) is 3. The van der Waals surface area contributed by atoms with Gasteiger partial charge in [-0.3, -0.25) is 4.99 Å². The molecule has 6 heteroatoms. The van der Waals surface area contributed by atoms with E-state index < -0.39 is 0 Å². The minimum Gasteiger partial charge on any atom is -0.385 e. The molecule has 148 valence electrons. The van der Waals surface area contributed by atoms with Crippen molar-refractivity contribution in [3.05, 3.63) is 35.9 Å². The molecule has 0 aliphatic rings. The summed E-state index contributed by atoms with van der Waals surface area (Å²) in [6, 6.07) is 11.0. The van der Waals surface area contributed by atoms with Gasteiger partial charge >= 0.3 is 0 Å². The van der Waals surface area contributed by atoms with Crippen molar-refractivity contribution in [3.8, 4) is 0 Å². The average Bonchev–Trinajstić information content (AvgIpc) is 2.64. The molecule has 0 radical (unpaired) electrons. The van der Waals surface area contributed by atoms with Crippen molar-refractivity contribution in [3.63, 3.8) is 0 Å². The monoisotopic (exact) mass is 363 g/mol. The van der Waals surface area contributed by atoms with Gasteiger partial charge in [0.2, 0.25) is 0 Å². The molecule has 0 heterocycles. The number of rotatable bonds is 12. The van der Waals surface area contributed by atoms with E-state index in [9.17, 15) is 0 Å². The lowest BCUT2D eigenvalue weighted by Crippen LogP contribution is -2.47. The fourth-order valence-corrected chi connectivity index (χ4v) is 2.71. The number of hydrogen-bond donors (Lipinski definition) is 2. The van der Waals surface area contributed by atoms with Crippen molar-refractivity contribution < 1.29 is 4.74 Å². The van der Waals surface area contributed by atoms with Gasteiger partial charge < -0.3 is 25.2 Å². The normalized spacial score (nSPS) is 13.3. The third-order valence-electron chi connectivity index (χ3n) is 4.45. The number of guanidine groups is 1. The van der Waals surface area contributed by atoms with Crippen LogP contribution in [0.15, 0.2) is 35.3 Å². The van der Waals surface area contributed by atoms with Crippen LogP contribution in [0.5, 0.6) is 0 Å². The van der Waals surface area contributed by atoms with Gasteiger partial charge in [0.1, 0.15) is 0 Å². The minimum absolute atomic E-state index is 0.410. The molecule has 1 aromatic rings. The lowest BCUT2D eigenvalue weighted by atomic mass is 10.1. The summed E-state index contributed by atoms with van der Waals surface area (Å²) in [7, 11) is 9.95. The molecule has 26 heavy (non-hydrogen) atoms.